The van der Waals surface area contributed by atoms with Gasteiger partial charge in [0.05, 0.1) is 31.2 Å². The third-order valence-electron chi connectivity index (χ3n) is 4.83. The van der Waals surface area contributed by atoms with Crippen LogP contribution in [0.15, 0.2) is 15.6 Å². The molecule has 3 heterocycles. The van der Waals surface area contributed by atoms with Gasteiger partial charge in [-0.1, -0.05) is 6.92 Å². The Labute approximate surface area is 154 Å². The van der Waals surface area contributed by atoms with Crippen LogP contribution >= 0.6 is 11.8 Å². The Hall–Kier alpha value is -1.63. The molecule has 1 saturated heterocycles. The largest absolute Gasteiger partial charge is 0.477 e. The highest BCUT2D eigenvalue weighted by Crippen LogP contribution is 2.51. The zero-order valence-corrected chi connectivity index (χ0v) is 15.8. The van der Waals surface area contributed by atoms with Gasteiger partial charge in [-0.05, 0) is 6.92 Å². The first kappa shape index (κ1) is 19.1. The molecule has 3 aliphatic rings. The monoisotopic (exact) mass is 404 g/mol. The summed E-state index contributed by atoms with van der Waals surface area (Å²) in [7, 11) is -3.93. The van der Waals surface area contributed by atoms with Gasteiger partial charge in [-0.25, -0.2) is 14.2 Å². The molecule has 3 unspecified atom stereocenters. The van der Waals surface area contributed by atoms with Gasteiger partial charge >= 0.3 is 5.97 Å². The van der Waals surface area contributed by atoms with E-state index in [2.05, 4.69) is 4.99 Å². The van der Waals surface area contributed by atoms with Crippen molar-refractivity contribution in [3.8, 4) is 0 Å². The topological polar surface area (TPSA) is 154 Å². The number of fused-ring (bicyclic) bond motifs is 1. The number of thioether (sulfide) groups is 1. The van der Waals surface area contributed by atoms with Gasteiger partial charge < -0.3 is 15.1 Å². The number of carbonyl (C=O) groups is 2. The first-order valence-corrected chi connectivity index (χ1v) is 10.4. The molecule has 0 aliphatic carbocycles. The van der Waals surface area contributed by atoms with Crippen molar-refractivity contribution in [2.45, 2.75) is 31.2 Å². The molecule has 0 aromatic rings. The second-order valence-corrected chi connectivity index (χ2v) is 9.45. The summed E-state index contributed by atoms with van der Waals surface area (Å²) in [5, 5.41) is 24.2. The van der Waals surface area contributed by atoms with Crippen LogP contribution in [-0.4, -0.2) is 76.5 Å². The van der Waals surface area contributed by atoms with Crippen molar-refractivity contribution >= 4 is 40.2 Å². The number of aliphatic hydroxyl groups excluding tert-OH is 1. The first-order valence-electron chi connectivity index (χ1n) is 7.98. The Bertz CT molecular complexity index is 808. The van der Waals surface area contributed by atoms with Crippen molar-refractivity contribution in [2.75, 3.05) is 13.1 Å². The number of carboxylic acids is 1. The van der Waals surface area contributed by atoms with Gasteiger partial charge in [0, 0.05) is 16.1 Å². The number of nitrogens with two attached hydrogens (primary N) is 1. The number of carbonyl (C=O) groups excluding carboxylic acids is 1. The number of rotatable bonds is 5. The summed E-state index contributed by atoms with van der Waals surface area (Å²) >= 11 is 1.20. The Morgan fingerprint density at radius 3 is 2.69 bits per heavy atom. The Morgan fingerprint density at radius 1 is 1.50 bits per heavy atom. The minimum atomic E-state index is -3.93. The zero-order chi connectivity index (χ0) is 19.4. The highest BCUT2D eigenvalue weighted by Gasteiger charge is 2.60. The summed E-state index contributed by atoms with van der Waals surface area (Å²) in [6, 6.07) is -0.405. The SMILES string of the molecule is C[C@@H](O)C1C(=O)N2C(C(=O)O)=C(SC3CN=CN(S(N)(=O)=O)C3)[C@H](C)C12. The summed E-state index contributed by atoms with van der Waals surface area (Å²) in [5.41, 5.74) is -0.0916. The Kier molecular flexibility index (Phi) is 4.80. The molecule has 5 atom stereocenters. The lowest BCUT2D eigenvalue weighted by atomic mass is 9.79. The average Bonchev–Trinajstić information content (AvgIpc) is 2.76. The van der Waals surface area contributed by atoms with Crippen molar-refractivity contribution < 1.29 is 28.2 Å². The normalized spacial score (nSPS) is 32.5. The van der Waals surface area contributed by atoms with Crippen molar-refractivity contribution in [3.05, 3.63) is 10.6 Å². The molecule has 0 radical (unpaired) electrons. The molecule has 10 nitrogen and oxygen atoms in total. The molecule has 1 fully saturated rings. The lowest BCUT2D eigenvalue weighted by Gasteiger charge is -2.46. The lowest BCUT2D eigenvalue weighted by Crippen LogP contribution is -2.63. The smallest absolute Gasteiger partial charge is 0.353 e. The fraction of sp³-hybridized carbons (Fsp3) is 0.643. The van der Waals surface area contributed by atoms with Crippen LogP contribution in [0.5, 0.6) is 0 Å². The number of nitrogens with zero attached hydrogens (tertiary/aromatic N) is 3. The maximum atomic E-state index is 12.3. The molecule has 12 heteroatoms. The number of hydrogen-bond acceptors (Lipinski definition) is 7. The van der Waals surface area contributed by atoms with Gasteiger partial charge in [-0.3, -0.25) is 9.79 Å². The standard InChI is InChI=1S/C14H20N4O6S2/c1-6-10-9(7(2)19)13(20)18(10)11(14(21)22)12(6)25-8-3-16-5-17(4-8)26(15,23)24/h5-10,19H,3-4H2,1-2H3,(H,21,22)(H2,15,23,24)/t6-,7-,8?,9?,10?/m1/s1. The van der Waals surface area contributed by atoms with E-state index >= 15 is 0 Å². The maximum absolute atomic E-state index is 12.3. The molecule has 0 spiro atoms. The highest BCUT2D eigenvalue weighted by atomic mass is 32.2. The predicted molar refractivity (Wildman–Crippen MR) is 94.2 cm³/mol. The number of β-lactam (4-membered cyclic amide) rings is 1. The maximum Gasteiger partial charge on any atom is 0.353 e. The van der Waals surface area contributed by atoms with Gasteiger partial charge in [0.1, 0.15) is 12.0 Å². The molecule has 0 aromatic carbocycles. The van der Waals surface area contributed by atoms with Crippen LogP contribution < -0.4 is 5.14 Å². The minimum absolute atomic E-state index is 0.0641. The third-order valence-corrected chi connectivity index (χ3v) is 7.18. The first-order chi connectivity index (χ1) is 12.0. The number of aliphatic carboxylic acids is 1. The van der Waals surface area contributed by atoms with Crippen molar-refractivity contribution in [1.29, 1.82) is 0 Å². The van der Waals surface area contributed by atoms with E-state index in [1.807, 2.05) is 0 Å². The highest BCUT2D eigenvalue weighted by molar-refractivity contribution is 8.03. The summed E-state index contributed by atoms with van der Waals surface area (Å²) in [4.78, 5) is 29.8. The fourth-order valence-corrected chi connectivity index (χ4v) is 5.75. The van der Waals surface area contributed by atoms with Crippen molar-refractivity contribution in [3.63, 3.8) is 0 Å². The predicted octanol–water partition coefficient (Wildman–Crippen LogP) is -1.21. The van der Waals surface area contributed by atoms with E-state index in [9.17, 15) is 28.2 Å². The van der Waals surface area contributed by atoms with Crippen molar-refractivity contribution in [2.24, 2.45) is 22.0 Å². The molecular weight excluding hydrogens is 384 g/mol. The van der Waals surface area contributed by atoms with E-state index in [4.69, 9.17) is 5.14 Å². The van der Waals surface area contributed by atoms with Crippen LogP contribution in [0.25, 0.3) is 0 Å². The van der Waals surface area contributed by atoms with Crippen molar-refractivity contribution in [1.82, 2.24) is 9.21 Å². The Balaban J connectivity index is 1.86. The molecular formula is C14H20N4O6S2. The molecule has 3 rings (SSSR count). The van der Waals surface area contributed by atoms with E-state index in [-0.39, 0.29) is 23.4 Å². The molecule has 0 bridgehead atoms. The summed E-state index contributed by atoms with van der Waals surface area (Å²) in [6.07, 6.45) is 0.277. The number of aliphatic hydroxyl groups is 1. The van der Waals surface area contributed by atoms with Gasteiger partial charge in [0.15, 0.2) is 0 Å². The van der Waals surface area contributed by atoms with E-state index in [1.165, 1.54) is 23.6 Å². The lowest BCUT2D eigenvalue weighted by molar-refractivity contribution is -0.163. The van der Waals surface area contributed by atoms with Crippen LogP contribution in [-0.2, 0) is 19.8 Å². The zero-order valence-electron chi connectivity index (χ0n) is 14.1. The van der Waals surface area contributed by atoms with Gasteiger partial charge in [0.2, 0.25) is 5.91 Å². The van der Waals surface area contributed by atoms with E-state index in [0.717, 1.165) is 10.6 Å². The molecule has 3 aliphatic heterocycles. The van der Waals surface area contributed by atoms with E-state index in [0.29, 0.717) is 11.4 Å². The second-order valence-electron chi connectivity index (χ2n) is 6.61. The van der Waals surface area contributed by atoms with Gasteiger partial charge in [-0.2, -0.15) is 8.42 Å². The van der Waals surface area contributed by atoms with Crippen LogP contribution in [0.1, 0.15) is 13.8 Å². The van der Waals surface area contributed by atoms with Gasteiger partial charge in [0.25, 0.3) is 10.2 Å². The molecule has 26 heavy (non-hydrogen) atoms. The van der Waals surface area contributed by atoms with Crippen LogP contribution in [0.3, 0.4) is 0 Å². The molecule has 4 N–H and O–H groups in total. The quantitative estimate of drug-likeness (QED) is 0.486. The van der Waals surface area contributed by atoms with E-state index in [1.54, 1.807) is 6.92 Å². The number of amides is 1. The Morgan fingerprint density at radius 2 is 2.15 bits per heavy atom. The summed E-state index contributed by atoms with van der Waals surface area (Å²) < 4.78 is 23.9. The molecule has 0 saturated carbocycles. The molecule has 144 valence electrons. The van der Waals surface area contributed by atoms with Crippen LogP contribution in [0.2, 0.25) is 0 Å². The number of aliphatic imine (C=N–C) groups is 1. The van der Waals surface area contributed by atoms with E-state index < -0.39 is 40.1 Å². The van der Waals surface area contributed by atoms with Crippen LogP contribution in [0, 0.1) is 11.8 Å². The minimum Gasteiger partial charge on any atom is -0.477 e. The molecule has 0 aromatic heterocycles. The number of hydrogen-bond donors (Lipinski definition) is 3. The summed E-state index contributed by atoms with van der Waals surface area (Å²) in [6.45, 7) is 3.69. The third kappa shape index (κ3) is 3.00. The summed E-state index contributed by atoms with van der Waals surface area (Å²) in [5.74, 6) is -2.54. The second kappa shape index (κ2) is 6.51. The van der Waals surface area contributed by atoms with Crippen LogP contribution in [0.4, 0.5) is 0 Å². The van der Waals surface area contributed by atoms with Gasteiger partial charge in [-0.15, -0.1) is 11.8 Å². The average molecular weight is 404 g/mol. The number of carboxylic acid groups (broad SMARTS) is 1. The fourth-order valence-electron chi connectivity index (χ4n) is 3.66. The molecule has 1 amide bonds.